The van der Waals surface area contributed by atoms with E-state index in [-0.39, 0.29) is 11.9 Å². The van der Waals surface area contributed by atoms with Gasteiger partial charge < -0.3 is 10.1 Å². The Bertz CT molecular complexity index is 270. The highest BCUT2D eigenvalue weighted by atomic mass is 32.2. The summed E-state index contributed by atoms with van der Waals surface area (Å²) in [6, 6.07) is 0.377. The second-order valence-electron chi connectivity index (χ2n) is 4.54. The molecule has 3 atom stereocenters. The van der Waals surface area contributed by atoms with Gasteiger partial charge in [-0.25, -0.2) is 0 Å². The second kappa shape index (κ2) is 7.82. The minimum atomic E-state index is -0.745. The van der Waals surface area contributed by atoms with Crippen LogP contribution in [0, 0.1) is 5.92 Å². The lowest BCUT2D eigenvalue weighted by Gasteiger charge is -2.28. The molecule has 0 aromatic heterocycles. The Balaban J connectivity index is 2.28. The molecule has 100 valence electrons. The fourth-order valence-corrected chi connectivity index (χ4v) is 2.66. The van der Waals surface area contributed by atoms with Gasteiger partial charge in [0.2, 0.25) is 0 Å². The molecule has 0 aromatic carbocycles. The largest absolute Gasteiger partial charge is 0.466 e. The van der Waals surface area contributed by atoms with Crippen LogP contribution in [-0.4, -0.2) is 41.4 Å². The second-order valence-corrected chi connectivity index (χ2v) is 6.10. The van der Waals surface area contributed by atoms with Crippen LogP contribution < -0.4 is 5.32 Å². The highest BCUT2D eigenvalue weighted by molar-refractivity contribution is 7.84. The van der Waals surface area contributed by atoms with Crippen LogP contribution in [0.5, 0.6) is 0 Å². The van der Waals surface area contributed by atoms with Crippen molar-refractivity contribution in [3.63, 3.8) is 0 Å². The van der Waals surface area contributed by atoms with Gasteiger partial charge in [0, 0.05) is 35.4 Å². The smallest absolute Gasteiger partial charge is 0.308 e. The van der Waals surface area contributed by atoms with Crippen molar-refractivity contribution in [1.82, 2.24) is 5.32 Å². The maximum Gasteiger partial charge on any atom is 0.308 e. The van der Waals surface area contributed by atoms with E-state index in [9.17, 15) is 9.00 Å². The Morgan fingerprint density at radius 1 is 1.47 bits per heavy atom. The van der Waals surface area contributed by atoms with E-state index in [1.165, 1.54) is 0 Å². The molecule has 0 aliphatic heterocycles. The van der Waals surface area contributed by atoms with Gasteiger partial charge in [0.1, 0.15) is 0 Å². The third-order valence-corrected chi connectivity index (χ3v) is 3.90. The summed E-state index contributed by atoms with van der Waals surface area (Å²) in [5.74, 6) is 0.673. The molecule has 0 radical (unpaired) electrons. The first-order valence-corrected chi connectivity index (χ1v) is 8.06. The number of ether oxygens (including phenoxy) is 1. The van der Waals surface area contributed by atoms with E-state index >= 15 is 0 Å². The molecule has 5 heteroatoms. The van der Waals surface area contributed by atoms with Crippen molar-refractivity contribution < 1.29 is 13.7 Å². The normalized spacial score (nSPS) is 26.5. The number of carbonyl (C=O) groups excluding carboxylic acids is 1. The summed E-state index contributed by atoms with van der Waals surface area (Å²) in [6.45, 7) is 3.07. The first-order chi connectivity index (χ1) is 8.13. The Labute approximate surface area is 106 Å². The number of carbonyl (C=O) groups is 1. The summed E-state index contributed by atoms with van der Waals surface area (Å²) in [6.07, 6.45) is 5.68. The molecule has 3 unspecified atom stereocenters. The molecule has 17 heavy (non-hydrogen) atoms. The van der Waals surface area contributed by atoms with Crippen molar-refractivity contribution in [1.29, 1.82) is 0 Å². The molecule has 0 spiro atoms. The molecule has 0 saturated heterocycles. The first-order valence-electron chi connectivity index (χ1n) is 6.33. The van der Waals surface area contributed by atoms with Crippen LogP contribution in [0.15, 0.2) is 0 Å². The number of nitrogens with one attached hydrogen (secondary N) is 1. The predicted octanol–water partition coefficient (Wildman–Crippen LogP) is 1.08. The average Bonchev–Trinajstić information content (AvgIpc) is 2.29. The summed E-state index contributed by atoms with van der Waals surface area (Å²) in [4.78, 5) is 11.6. The minimum absolute atomic E-state index is 0.0494. The first kappa shape index (κ1) is 14.6. The lowest BCUT2D eigenvalue weighted by atomic mass is 9.86. The van der Waals surface area contributed by atoms with Gasteiger partial charge in [-0.05, 0) is 26.2 Å². The molecule has 1 rings (SSSR count). The van der Waals surface area contributed by atoms with Crippen molar-refractivity contribution >= 4 is 16.8 Å². The minimum Gasteiger partial charge on any atom is -0.466 e. The fourth-order valence-electron chi connectivity index (χ4n) is 2.26. The number of rotatable bonds is 6. The molecule has 1 aliphatic rings. The van der Waals surface area contributed by atoms with Gasteiger partial charge in [-0.1, -0.05) is 6.42 Å². The summed E-state index contributed by atoms with van der Waals surface area (Å²) in [5.41, 5.74) is 0. The molecule has 1 fully saturated rings. The Kier molecular flexibility index (Phi) is 6.73. The topological polar surface area (TPSA) is 55.4 Å². The van der Waals surface area contributed by atoms with Gasteiger partial charge in [-0.2, -0.15) is 0 Å². The highest BCUT2D eigenvalue weighted by Crippen LogP contribution is 2.25. The van der Waals surface area contributed by atoms with Crippen LogP contribution in [0.2, 0.25) is 0 Å². The number of hydrogen-bond donors (Lipinski definition) is 1. The van der Waals surface area contributed by atoms with Gasteiger partial charge in [-0.15, -0.1) is 0 Å². The van der Waals surface area contributed by atoms with Crippen molar-refractivity contribution in [2.75, 3.05) is 25.2 Å². The molecule has 1 N–H and O–H groups in total. The summed E-state index contributed by atoms with van der Waals surface area (Å²) >= 11 is 0. The van der Waals surface area contributed by atoms with E-state index in [1.807, 2.05) is 6.92 Å². The van der Waals surface area contributed by atoms with Crippen molar-refractivity contribution in [3.8, 4) is 0 Å². The average molecular weight is 261 g/mol. The monoisotopic (exact) mass is 261 g/mol. The van der Waals surface area contributed by atoms with E-state index in [0.29, 0.717) is 18.4 Å². The quantitative estimate of drug-likeness (QED) is 0.727. The summed E-state index contributed by atoms with van der Waals surface area (Å²) in [7, 11) is -0.745. The Morgan fingerprint density at radius 3 is 2.88 bits per heavy atom. The molecular weight excluding hydrogens is 238 g/mol. The standard InChI is InChI=1S/C12H23NO3S/c1-3-16-12(14)10-5-4-6-11(9-10)13-7-8-17(2)15/h10-11,13H,3-9H2,1-2H3. The van der Waals surface area contributed by atoms with Crippen LogP contribution in [-0.2, 0) is 20.3 Å². The third kappa shape index (κ3) is 5.64. The fraction of sp³-hybridized carbons (Fsp3) is 0.917. The van der Waals surface area contributed by atoms with Crippen LogP contribution in [0.3, 0.4) is 0 Å². The third-order valence-electron chi connectivity index (χ3n) is 3.12. The molecule has 1 aliphatic carbocycles. The SMILES string of the molecule is CCOC(=O)C1CCCC(NCCS(C)=O)C1. The zero-order chi connectivity index (χ0) is 12.7. The van der Waals surface area contributed by atoms with E-state index in [4.69, 9.17) is 4.74 Å². The number of esters is 1. The summed E-state index contributed by atoms with van der Waals surface area (Å²) in [5, 5.41) is 3.38. The van der Waals surface area contributed by atoms with Gasteiger partial charge in [0.05, 0.1) is 12.5 Å². The van der Waals surface area contributed by atoms with Gasteiger partial charge in [0.15, 0.2) is 0 Å². The van der Waals surface area contributed by atoms with Gasteiger partial charge in [-0.3, -0.25) is 9.00 Å². The van der Waals surface area contributed by atoms with Gasteiger partial charge >= 0.3 is 5.97 Å². The van der Waals surface area contributed by atoms with E-state index in [2.05, 4.69) is 5.32 Å². The highest BCUT2D eigenvalue weighted by Gasteiger charge is 2.27. The zero-order valence-electron chi connectivity index (χ0n) is 10.7. The lowest BCUT2D eigenvalue weighted by Crippen LogP contribution is -2.38. The Hall–Kier alpha value is -0.420. The Morgan fingerprint density at radius 2 is 2.24 bits per heavy atom. The predicted molar refractivity (Wildman–Crippen MR) is 69.3 cm³/mol. The molecule has 1 saturated carbocycles. The lowest BCUT2D eigenvalue weighted by molar-refractivity contribution is -0.149. The molecule has 0 heterocycles. The van der Waals surface area contributed by atoms with Gasteiger partial charge in [0.25, 0.3) is 0 Å². The van der Waals surface area contributed by atoms with E-state index in [0.717, 1.165) is 32.2 Å². The maximum absolute atomic E-state index is 11.6. The van der Waals surface area contributed by atoms with Crippen molar-refractivity contribution in [2.24, 2.45) is 5.92 Å². The van der Waals surface area contributed by atoms with Crippen molar-refractivity contribution in [3.05, 3.63) is 0 Å². The maximum atomic E-state index is 11.6. The summed E-state index contributed by atoms with van der Waals surface area (Å²) < 4.78 is 16.0. The number of hydrogen-bond acceptors (Lipinski definition) is 4. The molecule has 0 bridgehead atoms. The molecule has 0 aromatic rings. The van der Waals surface area contributed by atoms with Crippen LogP contribution in [0.4, 0.5) is 0 Å². The zero-order valence-corrected chi connectivity index (χ0v) is 11.6. The van der Waals surface area contributed by atoms with E-state index < -0.39 is 10.8 Å². The molecule has 4 nitrogen and oxygen atoms in total. The van der Waals surface area contributed by atoms with Crippen LogP contribution in [0.25, 0.3) is 0 Å². The van der Waals surface area contributed by atoms with Crippen LogP contribution >= 0.6 is 0 Å². The molecule has 0 amide bonds. The van der Waals surface area contributed by atoms with E-state index in [1.54, 1.807) is 6.26 Å². The van der Waals surface area contributed by atoms with Crippen LogP contribution in [0.1, 0.15) is 32.6 Å². The molecular formula is C12H23NO3S. The van der Waals surface area contributed by atoms with Crippen molar-refractivity contribution in [2.45, 2.75) is 38.6 Å².